The molecule has 1 saturated heterocycles. The maximum atomic E-state index is 11.8. The third kappa shape index (κ3) is 1.89. The van der Waals surface area contributed by atoms with E-state index in [4.69, 9.17) is 9.47 Å². The van der Waals surface area contributed by atoms with Gasteiger partial charge in [-0.25, -0.2) is 14.5 Å². The number of carbonyl (C=O) groups excluding carboxylic acids is 2. The van der Waals surface area contributed by atoms with Crippen LogP contribution in [0.1, 0.15) is 27.2 Å². The number of amides is 2. The second kappa shape index (κ2) is 3.50. The average molecular weight is 225 g/mol. The van der Waals surface area contributed by atoms with E-state index in [1.165, 1.54) is 0 Å². The highest BCUT2D eigenvalue weighted by Gasteiger charge is 2.47. The normalized spacial score (nSPS) is 27.9. The largest absolute Gasteiger partial charge is 0.443 e. The monoisotopic (exact) mass is 225 g/mol. The Morgan fingerprint density at radius 3 is 2.88 bits per heavy atom. The molecule has 5 heteroatoms. The second-order valence-corrected chi connectivity index (χ2v) is 4.93. The summed E-state index contributed by atoms with van der Waals surface area (Å²) in [6.45, 7) is 5.28. The summed E-state index contributed by atoms with van der Waals surface area (Å²) in [6, 6.07) is -0.234. The molecule has 5 nitrogen and oxygen atoms in total. The molecule has 0 aromatic rings. The van der Waals surface area contributed by atoms with Crippen LogP contribution in [0, 0.1) is 0 Å². The summed E-state index contributed by atoms with van der Waals surface area (Å²) in [5.41, 5.74) is -0.610. The van der Waals surface area contributed by atoms with Gasteiger partial charge in [0.2, 0.25) is 0 Å². The molecule has 0 spiro atoms. The highest BCUT2D eigenvalue weighted by molar-refractivity contribution is 5.90. The number of ether oxygens (including phenoxy) is 2. The van der Waals surface area contributed by atoms with E-state index in [1.807, 2.05) is 6.08 Å². The zero-order valence-electron chi connectivity index (χ0n) is 9.60. The molecule has 88 valence electrons. The number of fused-ring (bicyclic) bond motifs is 1. The number of imide groups is 1. The Morgan fingerprint density at radius 2 is 2.25 bits per heavy atom. The van der Waals surface area contributed by atoms with Crippen molar-refractivity contribution < 1.29 is 19.1 Å². The van der Waals surface area contributed by atoms with Gasteiger partial charge >= 0.3 is 12.2 Å². The zero-order chi connectivity index (χ0) is 11.9. The number of carbonyl (C=O) groups is 2. The zero-order valence-corrected chi connectivity index (χ0v) is 9.60. The molecule has 16 heavy (non-hydrogen) atoms. The van der Waals surface area contributed by atoms with Crippen LogP contribution in [0.4, 0.5) is 9.59 Å². The fraction of sp³-hybridized carbons (Fsp3) is 0.636. The summed E-state index contributed by atoms with van der Waals surface area (Å²) in [6.07, 6.45) is 2.78. The van der Waals surface area contributed by atoms with Crippen LogP contribution in [0.2, 0.25) is 0 Å². The van der Waals surface area contributed by atoms with Crippen LogP contribution in [0.5, 0.6) is 0 Å². The topological polar surface area (TPSA) is 55.8 Å². The molecule has 2 aliphatic rings. The molecule has 2 atom stereocenters. The van der Waals surface area contributed by atoms with Crippen LogP contribution in [-0.4, -0.2) is 34.8 Å². The minimum Gasteiger partial charge on any atom is -0.443 e. The first-order chi connectivity index (χ1) is 7.38. The van der Waals surface area contributed by atoms with E-state index in [9.17, 15) is 9.59 Å². The Balaban J connectivity index is 2.09. The molecule has 2 rings (SSSR count). The predicted octanol–water partition coefficient (Wildman–Crippen LogP) is 2.07. The van der Waals surface area contributed by atoms with E-state index < -0.39 is 17.8 Å². The second-order valence-electron chi connectivity index (χ2n) is 4.93. The molecule has 0 N–H and O–H groups in total. The molecule has 1 aliphatic carbocycles. The van der Waals surface area contributed by atoms with Crippen molar-refractivity contribution in [2.24, 2.45) is 0 Å². The Hall–Kier alpha value is -1.52. The van der Waals surface area contributed by atoms with Crippen LogP contribution in [0.3, 0.4) is 0 Å². The maximum absolute atomic E-state index is 11.8. The van der Waals surface area contributed by atoms with Crippen molar-refractivity contribution in [3.8, 4) is 0 Å². The first-order valence-electron chi connectivity index (χ1n) is 5.28. The van der Waals surface area contributed by atoms with Crippen LogP contribution >= 0.6 is 0 Å². The first kappa shape index (κ1) is 11.0. The first-order valence-corrected chi connectivity index (χ1v) is 5.28. The van der Waals surface area contributed by atoms with Crippen molar-refractivity contribution >= 4 is 12.2 Å². The quantitative estimate of drug-likeness (QED) is 0.592. The maximum Gasteiger partial charge on any atom is 0.420 e. The predicted molar refractivity (Wildman–Crippen MR) is 55.9 cm³/mol. The number of hydrogen-bond donors (Lipinski definition) is 0. The molecular weight excluding hydrogens is 210 g/mol. The van der Waals surface area contributed by atoms with Crippen molar-refractivity contribution in [3.05, 3.63) is 12.2 Å². The highest BCUT2D eigenvalue weighted by atomic mass is 16.6. The third-order valence-corrected chi connectivity index (χ3v) is 2.44. The van der Waals surface area contributed by atoms with E-state index in [0.717, 1.165) is 4.90 Å². The van der Waals surface area contributed by atoms with Crippen molar-refractivity contribution in [2.75, 3.05) is 0 Å². The van der Waals surface area contributed by atoms with E-state index >= 15 is 0 Å². The van der Waals surface area contributed by atoms with E-state index in [2.05, 4.69) is 0 Å². The lowest BCUT2D eigenvalue weighted by atomic mass is 10.2. The van der Waals surface area contributed by atoms with Gasteiger partial charge in [0.25, 0.3) is 0 Å². The molecule has 2 amide bonds. The summed E-state index contributed by atoms with van der Waals surface area (Å²) in [5, 5.41) is 0. The molecular formula is C11H15NO4. The molecule has 0 radical (unpaired) electrons. The lowest BCUT2D eigenvalue weighted by molar-refractivity contribution is 0.0293. The van der Waals surface area contributed by atoms with Crippen molar-refractivity contribution in [1.82, 2.24) is 4.90 Å². The van der Waals surface area contributed by atoms with Crippen molar-refractivity contribution in [3.63, 3.8) is 0 Å². The van der Waals surface area contributed by atoms with Gasteiger partial charge in [-0.05, 0) is 33.3 Å². The molecule has 0 bridgehead atoms. The summed E-state index contributed by atoms with van der Waals surface area (Å²) >= 11 is 0. The molecule has 0 aromatic carbocycles. The van der Waals surface area contributed by atoms with Gasteiger partial charge in [-0.3, -0.25) is 0 Å². The number of rotatable bonds is 0. The molecule has 0 unspecified atom stereocenters. The Bertz CT molecular complexity index is 355. The smallest absolute Gasteiger partial charge is 0.420 e. The van der Waals surface area contributed by atoms with Crippen LogP contribution < -0.4 is 0 Å². The fourth-order valence-corrected chi connectivity index (χ4v) is 1.81. The van der Waals surface area contributed by atoms with Crippen LogP contribution in [0.15, 0.2) is 12.2 Å². The summed E-state index contributed by atoms with van der Waals surface area (Å²) in [4.78, 5) is 24.3. The van der Waals surface area contributed by atoms with E-state index in [1.54, 1.807) is 26.8 Å². The van der Waals surface area contributed by atoms with Crippen molar-refractivity contribution in [1.29, 1.82) is 0 Å². The summed E-state index contributed by atoms with van der Waals surface area (Å²) < 4.78 is 10.2. The molecule has 0 saturated carbocycles. The van der Waals surface area contributed by atoms with Crippen LogP contribution in [-0.2, 0) is 9.47 Å². The lowest BCUT2D eigenvalue weighted by Crippen LogP contribution is -2.42. The van der Waals surface area contributed by atoms with Gasteiger partial charge in [0.1, 0.15) is 11.7 Å². The Kier molecular flexibility index (Phi) is 2.40. The minimum absolute atomic E-state index is 0.234. The lowest BCUT2D eigenvalue weighted by Gasteiger charge is -2.24. The average Bonchev–Trinajstić information content (AvgIpc) is 2.58. The molecule has 0 aromatic heterocycles. The van der Waals surface area contributed by atoms with E-state index in [0.29, 0.717) is 6.42 Å². The van der Waals surface area contributed by atoms with Crippen molar-refractivity contribution in [2.45, 2.75) is 44.9 Å². The SMILES string of the molecule is CC(C)(C)OC(=O)N1C(=O)O[C@@H]2C=CC[C@@H]21. The minimum atomic E-state index is -0.631. The van der Waals surface area contributed by atoms with Crippen LogP contribution in [0.25, 0.3) is 0 Å². The Labute approximate surface area is 94.0 Å². The Morgan fingerprint density at radius 1 is 1.56 bits per heavy atom. The molecule has 1 heterocycles. The summed E-state index contributed by atoms with van der Waals surface area (Å²) in [7, 11) is 0. The van der Waals surface area contributed by atoms with Gasteiger partial charge in [0.05, 0.1) is 6.04 Å². The van der Waals surface area contributed by atoms with Gasteiger partial charge in [-0.2, -0.15) is 0 Å². The number of hydrogen-bond acceptors (Lipinski definition) is 4. The third-order valence-electron chi connectivity index (χ3n) is 2.44. The number of nitrogens with zero attached hydrogens (tertiary/aromatic N) is 1. The van der Waals surface area contributed by atoms with E-state index in [-0.39, 0.29) is 12.1 Å². The molecule has 1 aliphatic heterocycles. The van der Waals surface area contributed by atoms with Gasteiger partial charge in [-0.1, -0.05) is 6.08 Å². The van der Waals surface area contributed by atoms with Gasteiger partial charge < -0.3 is 9.47 Å². The fourth-order valence-electron chi connectivity index (χ4n) is 1.81. The van der Waals surface area contributed by atoms with Gasteiger partial charge in [0, 0.05) is 0 Å². The van der Waals surface area contributed by atoms with Gasteiger partial charge in [0.15, 0.2) is 0 Å². The molecule has 1 fully saturated rings. The van der Waals surface area contributed by atoms with Gasteiger partial charge in [-0.15, -0.1) is 0 Å². The standard InChI is InChI=1S/C11H15NO4/c1-11(2,3)16-10(14)12-7-5-4-6-8(7)15-9(12)13/h4,6-8H,5H2,1-3H3/t7-,8+/m0/s1. The summed E-state index contributed by atoms with van der Waals surface area (Å²) in [5.74, 6) is 0. The highest BCUT2D eigenvalue weighted by Crippen LogP contribution is 2.29.